The summed E-state index contributed by atoms with van der Waals surface area (Å²) in [7, 11) is 3.76. The van der Waals surface area contributed by atoms with Gasteiger partial charge in [0.2, 0.25) is 0 Å². The number of nitrogens with zero attached hydrogens (tertiary/aromatic N) is 1. The van der Waals surface area contributed by atoms with Gasteiger partial charge < -0.3 is 69.9 Å². The molecule has 0 saturated carbocycles. The number of nitrogens with one attached hydrogen (secondary N) is 2. The molecule has 330 valence electrons. The lowest BCUT2D eigenvalue weighted by molar-refractivity contribution is -0.326. The lowest BCUT2D eigenvalue weighted by Gasteiger charge is -2.54. The number of aliphatic hydroxyl groups is 6. The predicted molar refractivity (Wildman–Crippen MR) is 211 cm³/mol. The number of carbonyl (C=O) groups excluding carboxylic acids is 1. The van der Waals surface area contributed by atoms with Gasteiger partial charge in [0.05, 0.1) is 48.6 Å². The number of aliphatic hydroxyl groups excluding tert-OH is 3. The van der Waals surface area contributed by atoms with Crippen LogP contribution in [0, 0.1) is 23.2 Å². The maximum absolute atomic E-state index is 14.4. The summed E-state index contributed by atoms with van der Waals surface area (Å²) in [6, 6.07) is -0.896. The van der Waals surface area contributed by atoms with E-state index in [-0.39, 0.29) is 50.5 Å². The SMILES string of the molecule is CCCNC[C@@]1(O)[C@H](C)O[C@@H](O[C@H]2[C@H](C)[C@@H](O[C@@H]3O[C@H](C)C[C@H](N(C)C)[C@H]3O)[C@@](C)(O)C[C@@H](C)CN[C@H](C)C([C@](C)(O)[C@H](O)CC)OC(=O)[C@@H]2C)C[C@@]1(C)CO. The van der Waals surface area contributed by atoms with Gasteiger partial charge in [-0.3, -0.25) is 4.79 Å². The summed E-state index contributed by atoms with van der Waals surface area (Å²) < 4.78 is 32.3. The average Bonchev–Trinajstić information content (AvgIpc) is 3.12. The molecule has 15 heteroatoms. The molecule has 56 heavy (non-hydrogen) atoms. The Balaban J connectivity index is 2.16. The van der Waals surface area contributed by atoms with Crippen molar-refractivity contribution in [3.8, 4) is 0 Å². The Morgan fingerprint density at radius 3 is 2.27 bits per heavy atom. The summed E-state index contributed by atoms with van der Waals surface area (Å²) >= 11 is 0. The third-order valence-corrected chi connectivity index (χ3v) is 13.1. The van der Waals surface area contributed by atoms with E-state index < -0.39 is 95.3 Å². The zero-order valence-electron chi connectivity index (χ0n) is 36.5. The molecule has 0 aliphatic carbocycles. The minimum absolute atomic E-state index is 0.0650. The second kappa shape index (κ2) is 20.0. The first-order valence-corrected chi connectivity index (χ1v) is 21.0. The first-order valence-electron chi connectivity index (χ1n) is 21.0. The van der Waals surface area contributed by atoms with Crippen molar-refractivity contribution in [1.29, 1.82) is 0 Å². The number of hydrogen-bond acceptors (Lipinski definition) is 15. The zero-order chi connectivity index (χ0) is 42.6. The largest absolute Gasteiger partial charge is 0.457 e. The van der Waals surface area contributed by atoms with Crippen LogP contribution < -0.4 is 10.6 Å². The maximum atomic E-state index is 14.4. The standard InChI is InChI=1S/C41H79N3O12/c1-14-16-42-21-41(51)28(8)53-31(19-38(41,9)22-45)54-33-25(5)34(56-37-32(47)29(44(12)13)17-24(4)52-37)39(10,49)18-23(3)20-43-27(7)35(55-36(48)26(33)6)40(11,50)30(46)15-2/h23-35,37,42-43,45-47,49-51H,14-22H2,1-13H3/t23-,24-,25+,26-,27-,28+,29+,30-,31+,32-,33+,34-,35?,37+,38+,39+,40-,41-/m1/s1. The fourth-order valence-corrected chi connectivity index (χ4v) is 9.28. The second-order valence-corrected chi connectivity index (χ2v) is 18.5. The van der Waals surface area contributed by atoms with Crippen LogP contribution in [0.3, 0.4) is 0 Å². The lowest BCUT2D eigenvalue weighted by atomic mass is 9.66. The number of likely N-dealkylation sites (N-methyl/N-ethyl adjacent to an activating group) is 1. The van der Waals surface area contributed by atoms with Crippen molar-refractivity contribution in [3.63, 3.8) is 0 Å². The van der Waals surface area contributed by atoms with E-state index in [0.29, 0.717) is 19.5 Å². The van der Waals surface area contributed by atoms with Crippen LogP contribution in [0.5, 0.6) is 0 Å². The molecular formula is C41H79N3O12. The molecule has 15 nitrogen and oxygen atoms in total. The summed E-state index contributed by atoms with van der Waals surface area (Å²) in [6.07, 6.45) is -6.87. The highest BCUT2D eigenvalue weighted by Crippen LogP contribution is 2.46. The van der Waals surface area contributed by atoms with E-state index in [2.05, 4.69) is 10.6 Å². The number of esters is 1. The Bertz CT molecular complexity index is 1230. The molecule has 3 aliphatic rings. The Morgan fingerprint density at radius 2 is 1.70 bits per heavy atom. The van der Waals surface area contributed by atoms with Gasteiger partial charge >= 0.3 is 5.97 Å². The van der Waals surface area contributed by atoms with Crippen LogP contribution in [0.4, 0.5) is 0 Å². The van der Waals surface area contributed by atoms with Crippen molar-refractivity contribution >= 4 is 5.97 Å². The molecular weight excluding hydrogens is 726 g/mol. The van der Waals surface area contributed by atoms with Gasteiger partial charge in [-0.2, -0.15) is 0 Å². The Labute approximate surface area is 336 Å². The van der Waals surface area contributed by atoms with E-state index in [0.717, 1.165) is 6.42 Å². The third kappa shape index (κ3) is 11.0. The smallest absolute Gasteiger partial charge is 0.311 e. The summed E-state index contributed by atoms with van der Waals surface area (Å²) in [4.78, 5) is 16.4. The number of ether oxygens (including phenoxy) is 5. The second-order valence-electron chi connectivity index (χ2n) is 18.5. The van der Waals surface area contributed by atoms with E-state index in [1.807, 2.05) is 39.8 Å². The molecule has 18 atom stereocenters. The monoisotopic (exact) mass is 806 g/mol. The number of carbonyl (C=O) groups is 1. The first-order chi connectivity index (χ1) is 25.9. The topological polar surface area (TPSA) is 212 Å². The van der Waals surface area contributed by atoms with Gasteiger partial charge in [0.25, 0.3) is 0 Å². The Morgan fingerprint density at radius 1 is 1.05 bits per heavy atom. The highest BCUT2D eigenvalue weighted by molar-refractivity contribution is 5.73. The summed E-state index contributed by atoms with van der Waals surface area (Å²) in [6.45, 7) is 20.3. The molecule has 0 aromatic rings. The molecule has 3 saturated heterocycles. The average molecular weight is 806 g/mol. The third-order valence-electron chi connectivity index (χ3n) is 13.1. The van der Waals surface area contributed by atoms with Gasteiger partial charge in [0.1, 0.15) is 23.4 Å². The van der Waals surface area contributed by atoms with Crippen LogP contribution >= 0.6 is 0 Å². The number of cyclic esters (lactones) is 1. The molecule has 3 rings (SSSR count). The van der Waals surface area contributed by atoms with Crippen molar-refractivity contribution in [2.45, 2.75) is 192 Å². The summed E-state index contributed by atoms with van der Waals surface area (Å²) in [5.41, 5.74) is -5.93. The minimum Gasteiger partial charge on any atom is -0.457 e. The molecule has 0 radical (unpaired) electrons. The highest BCUT2D eigenvalue weighted by atomic mass is 16.7. The normalized spacial score (nSPS) is 45.2. The van der Waals surface area contributed by atoms with Gasteiger partial charge in [-0.1, -0.05) is 34.6 Å². The van der Waals surface area contributed by atoms with Gasteiger partial charge in [-0.15, -0.1) is 0 Å². The number of rotatable bonds is 13. The van der Waals surface area contributed by atoms with E-state index >= 15 is 0 Å². The van der Waals surface area contributed by atoms with Crippen LogP contribution in [0.1, 0.15) is 108 Å². The molecule has 3 aliphatic heterocycles. The fourth-order valence-electron chi connectivity index (χ4n) is 9.28. The summed E-state index contributed by atoms with van der Waals surface area (Å²) in [5, 5.41) is 76.0. The van der Waals surface area contributed by atoms with Crippen molar-refractivity contribution in [3.05, 3.63) is 0 Å². The van der Waals surface area contributed by atoms with Crippen molar-refractivity contribution in [1.82, 2.24) is 15.5 Å². The molecule has 0 amide bonds. The van der Waals surface area contributed by atoms with Crippen LogP contribution in [-0.2, 0) is 28.5 Å². The van der Waals surface area contributed by atoms with Crippen LogP contribution in [0.15, 0.2) is 0 Å². The fraction of sp³-hybridized carbons (Fsp3) is 0.976. The van der Waals surface area contributed by atoms with E-state index in [4.69, 9.17) is 23.7 Å². The maximum Gasteiger partial charge on any atom is 0.311 e. The molecule has 0 aromatic carbocycles. The van der Waals surface area contributed by atoms with Crippen LogP contribution in [0.2, 0.25) is 0 Å². The molecule has 0 spiro atoms. The molecule has 0 bridgehead atoms. The van der Waals surface area contributed by atoms with Gasteiger partial charge in [0.15, 0.2) is 12.6 Å². The first kappa shape index (κ1) is 49.3. The highest BCUT2D eigenvalue weighted by Gasteiger charge is 2.57. The molecule has 8 N–H and O–H groups in total. The summed E-state index contributed by atoms with van der Waals surface area (Å²) in [5.74, 6) is -2.74. The van der Waals surface area contributed by atoms with Crippen molar-refractivity contribution in [2.24, 2.45) is 23.2 Å². The lowest BCUT2D eigenvalue weighted by Crippen LogP contribution is -2.67. The van der Waals surface area contributed by atoms with Crippen LogP contribution in [0.25, 0.3) is 0 Å². The van der Waals surface area contributed by atoms with E-state index in [1.165, 1.54) is 6.92 Å². The minimum atomic E-state index is -1.83. The zero-order valence-corrected chi connectivity index (χ0v) is 36.5. The Kier molecular flexibility index (Phi) is 17.6. The van der Waals surface area contributed by atoms with E-state index in [9.17, 15) is 35.4 Å². The van der Waals surface area contributed by atoms with Crippen molar-refractivity contribution < 1.29 is 59.1 Å². The molecule has 1 unspecified atom stereocenters. The number of hydrogen-bond donors (Lipinski definition) is 8. The quantitative estimate of drug-likeness (QED) is 0.0980. The Hall–Kier alpha value is -1.05. The van der Waals surface area contributed by atoms with Crippen molar-refractivity contribution in [2.75, 3.05) is 40.3 Å². The van der Waals surface area contributed by atoms with Crippen LogP contribution in [-0.4, -0.2) is 166 Å². The van der Waals surface area contributed by atoms with Gasteiger partial charge in [0, 0.05) is 36.4 Å². The predicted octanol–water partition coefficient (Wildman–Crippen LogP) is 1.52. The molecule has 3 fully saturated rings. The van der Waals surface area contributed by atoms with Gasteiger partial charge in [-0.25, -0.2) is 0 Å². The molecule has 3 heterocycles. The van der Waals surface area contributed by atoms with E-state index in [1.54, 1.807) is 48.5 Å². The van der Waals surface area contributed by atoms with Gasteiger partial charge in [-0.05, 0) is 100 Å². The molecule has 0 aromatic heterocycles.